The summed E-state index contributed by atoms with van der Waals surface area (Å²) in [6.45, 7) is 4.97. The van der Waals surface area contributed by atoms with Gasteiger partial charge < -0.3 is 5.11 Å². The fraction of sp³-hybridized carbons (Fsp3) is 0.500. The minimum absolute atomic E-state index is 0.0122. The van der Waals surface area contributed by atoms with Crippen molar-refractivity contribution in [3.8, 4) is 0 Å². The number of halogens is 2. The second kappa shape index (κ2) is 6.41. The smallest absolute Gasteiger partial charge is 0.244 e. The number of nitrogens with zero attached hydrogens (tertiary/aromatic N) is 1. The lowest BCUT2D eigenvalue weighted by molar-refractivity contribution is 0.236. The highest BCUT2D eigenvalue weighted by molar-refractivity contribution is 7.89. The highest BCUT2D eigenvalue weighted by Crippen LogP contribution is 2.30. The lowest BCUT2D eigenvalue weighted by Gasteiger charge is -2.25. The maximum atomic E-state index is 12.5. The van der Waals surface area contributed by atoms with Crippen molar-refractivity contribution in [1.82, 2.24) is 4.31 Å². The molecule has 0 unspecified atom stereocenters. The highest BCUT2D eigenvalue weighted by atomic mass is 35.5. The maximum absolute atomic E-state index is 12.5. The van der Waals surface area contributed by atoms with E-state index in [1.165, 1.54) is 16.4 Å². The van der Waals surface area contributed by atoms with Crippen molar-refractivity contribution in [2.75, 3.05) is 13.2 Å². The third kappa shape index (κ3) is 3.61. The Morgan fingerprint density at radius 1 is 1.26 bits per heavy atom. The van der Waals surface area contributed by atoms with Gasteiger partial charge in [-0.25, -0.2) is 8.42 Å². The van der Waals surface area contributed by atoms with Gasteiger partial charge in [0.2, 0.25) is 10.0 Å². The van der Waals surface area contributed by atoms with E-state index >= 15 is 0 Å². The van der Waals surface area contributed by atoms with E-state index in [-0.39, 0.29) is 29.1 Å². The molecule has 1 rings (SSSR count). The first-order valence-electron chi connectivity index (χ1n) is 5.80. The largest absolute Gasteiger partial charge is 0.395 e. The molecule has 0 aliphatic heterocycles. The number of aryl methyl sites for hydroxylation is 1. The van der Waals surface area contributed by atoms with Gasteiger partial charge in [0.1, 0.15) is 4.90 Å². The van der Waals surface area contributed by atoms with Crippen LogP contribution in [-0.4, -0.2) is 37.0 Å². The molecule has 0 aromatic heterocycles. The summed E-state index contributed by atoms with van der Waals surface area (Å²) in [4.78, 5) is 0.0122. The lowest BCUT2D eigenvalue weighted by atomic mass is 10.2. The number of hydrogen-bond donors (Lipinski definition) is 1. The number of aliphatic hydroxyl groups is 1. The fourth-order valence-electron chi connectivity index (χ4n) is 1.71. The summed E-state index contributed by atoms with van der Waals surface area (Å²) in [5.41, 5.74) is 0.636. The number of hydrogen-bond acceptors (Lipinski definition) is 3. The molecule has 19 heavy (non-hydrogen) atoms. The summed E-state index contributed by atoms with van der Waals surface area (Å²) < 4.78 is 26.3. The van der Waals surface area contributed by atoms with Crippen LogP contribution >= 0.6 is 23.2 Å². The van der Waals surface area contributed by atoms with Crippen LogP contribution in [0.25, 0.3) is 0 Å². The molecule has 108 valence electrons. The van der Waals surface area contributed by atoms with Crippen molar-refractivity contribution in [2.45, 2.75) is 31.7 Å². The van der Waals surface area contributed by atoms with Gasteiger partial charge in [-0.1, -0.05) is 23.2 Å². The van der Waals surface area contributed by atoms with E-state index < -0.39 is 10.0 Å². The monoisotopic (exact) mass is 325 g/mol. The molecule has 0 bridgehead atoms. The Balaban J connectivity index is 3.37. The van der Waals surface area contributed by atoms with E-state index in [2.05, 4.69) is 0 Å². The third-order valence-electron chi connectivity index (χ3n) is 2.70. The Hall–Kier alpha value is -0.330. The van der Waals surface area contributed by atoms with Gasteiger partial charge in [-0.3, -0.25) is 0 Å². The van der Waals surface area contributed by atoms with Crippen LogP contribution in [0.2, 0.25) is 10.0 Å². The summed E-state index contributed by atoms with van der Waals surface area (Å²) in [6.07, 6.45) is 0. The van der Waals surface area contributed by atoms with Crippen LogP contribution in [0.1, 0.15) is 19.4 Å². The maximum Gasteiger partial charge on any atom is 0.244 e. The van der Waals surface area contributed by atoms with Crippen LogP contribution in [0.15, 0.2) is 17.0 Å². The average Bonchev–Trinajstić information content (AvgIpc) is 2.29. The minimum atomic E-state index is -3.75. The highest BCUT2D eigenvalue weighted by Gasteiger charge is 2.29. The topological polar surface area (TPSA) is 57.6 Å². The zero-order chi connectivity index (χ0) is 14.8. The Bertz CT molecular complexity index is 558. The predicted molar refractivity (Wildman–Crippen MR) is 77.3 cm³/mol. The first-order chi connectivity index (χ1) is 8.71. The molecular formula is C12H17Cl2NO3S. The molecule has 1 aromatic carbocycles. The quantitative estimate of drug-likeness (QED) is 0.905. The number of rotatable bonds is 5. The average molecular weight is 326 g/mol. The third-order valence-corrected chi connectivity index (χ3v) is 5.64. The van der Waals surface area contributed by atoms with Gasteiger partial charge in [-0.05, 0) is 38.5 Å². The van der Waals surface area contributed by atoms with Crippen molar-refractivity contribution in [2.24, 2.45) is 0 Å². The summed E-state index contributed by atoms with van der Waals surface area (Å²) in [5, 5.41) is 9.50. The first kappa shape index (κ1) is 16.7. The van der Waals surface area contributed by atoms with Gasteiger partial charge in [-0.15, -0.1) is 0 Å². The standard InChI is InChI=1S/C12H17Cl2NO3S/c1-8(2)15(4-5-16)19(17,18)12-6-9(3)10(13)7-11(12)14/h6-8,16H,4-5H2,1-3H3. The zero-order valence-corrected chi connectivity index (χ0v) is 13.3. The van der Waals surface area contributed by atoms with Crippen LogP contribution in [0.3, 0.4) is 0 Å². The Labute approximate surface area is 124 Å². The molecule has 1 N–H and O–H groups in total. The molecule has 7 heteroatoms. The van der Waals surface area contributed by atoms with Gasteiger partial charge in [0, 0.05) is 17.6 Å². The van der Waals surface area contributed by atoms with Gasteiger partial charge in [0.15, 0.2) is 0 Å². The molecule has 1 aromatic rings. The fourth-order valence-corrected chi connectivity index (χ4v) is 4.15. The Morgan fingerprint density at radius 2 is 1.84 bits per heavy atom. The molecule has 0 atom stereocenters. The van der Waals surface area contributed by atoms with Crippen LogP contribution < -0.4 is 0 Å². The van der Waals surface area contributed by atoms with E-state index in [0.29, 0.717) is 10.6 Å². The van der Waals surface area contributed by atoms with Crippen LogP contribution in [0, 0.1) is 6.92 Å². The molecule has 0 amide bonds. The summed E-state index contributed by atoms with van der Waals surface area (Å²) >= 11 is 11.9. The zero-order valence-electron chi connectivity index (χ0n) is 11.0. The van der Waals surface area contributed by atoms with E-state index in [4.69, 9.17) is 28.3 Å². The summed E-state index contributed by atoms with van der Waals surface area (Å²) in [7, 11) is -3.75. The van der Waals surface area contributed by atoms with Gasteiger partial charge in [0.05, 0.1) is 11.6 Å². The predicted octanol–water partition coefficient (Wildman–Crippen LogP) is 2.69. The molecule has 0 saturated carbocycles. The molecule has 0 saturated heterocycles. The minimum Gasteiger partial charge on any atom is -0.395 e. The van der Waals surface area contributed by atoms with Crippen molar-refractivity contribution < 1.29 is 13.5 Å². The normalized spacial score (nSPS) is 12.4. The molecule has 0 heterocycles. The van der Waals surface area contributed by atoms with Gasteiger partial charge in [0.25, 0.3) is 0 Å². The van der Waals surface area contributed by atoms with Gasteiger partial charge >= 0.3 is 0 Å². The van der Waals surface area contributed by atoms with E-state index in [9.17, 15) is 8.42 Å². The van der Waals surface area contributed by atoms with Crippen molar-refractivity contribution in [3.05, 3.63) is 27.7 Å². The molecular weight excluding hydrogens is 309 g/mol. The number of sulfonamides is 1. The Kier molecular flexibility index (Phi) is 5.65. The van der Waals surface area contributed by atoms with Crippen molar-refractivity contribution in [3.63, 3.8) is 0 Å². The molecule has 0 spiro atoms. The van der Waals surface area contributed by atoms with Crippen LogP contribution in [-0.2, 0) is 10.0 Å². The summed E-state index contributed by atoms with van der Waals surface area (Å²) in [6, 6.07) is 2.60. The molecule has 0 radical (unpaired) electrons. The van der Waals surface area contributed by atoms with Crippen molar-refractivity contribution in [1.29, 1.82) is 0 Å². The molecule has 0 aliphatic rings. The van der Waals surface area contributed by atoms with E-state index in [0.717, 1.165) is 0 Å². The Morgan fingerprint density at radius 3 is 2.32 bits per heavy atom. The molecule has 0 aliphatic carbocycles. The SMILES string of the molecule is Cc1cc(S(=O)(=O)N(CCO)C(C)C)c(Cl)cc1Cl. The van der Waals surface area contributed by atoms with Crippen LogP contribution in [0.5, 0.6) is 0 Å². The molecule has 4 nitrogen and oxygen atoms in total. The van der Waals surface area contributed by atoms with E-state index in [1.54, 1.807) is 20.8 Å². The second-order valence-corrected chi connectivity index (χ2v) is 7.14. The number of benzene rings is 1. The number of aliphatic hydroxyl groups excluding tert-OH is 1. The van der Waals surface area contributed by atoms with Crippen molar-refractivity contribution >= 4 is 33.2 Å². The van der Waals surface area contributed by atoms with Gasteiger partial charge in [-0.2, -0.15) is 4.31 Å². The second-order valence-electron chi connectivity index (χ2n) is 4.46. The van der Waals surface area contributed by atoms with Crippen LogP contribution in [0.4, 0.5) is 0 Å². The summed E-state index contributed by atoms with van der Waals surface area (Å²) in [5.74, 6) is 0. The first-order valence-corrected chi connectivity index (χ1v) is 7.99. The van der Waals surface area contributed by atoms with E-state index in [1.807, 2.05) is 0 Å². The lowest BCUT2D eigenvalue weighted by Crippen LogP contribution is -2.39. The molecule has 0 fully saturated rings.